The molecule has 17 heteroatoms. The highest BCUT2D eigenvalue weighted by atomic mass is 19.3. The molecule has 0 fully saturated rings. The number of hydrogen-bond donors (Lipinski definition) is 4. The Morgan fingerprint density at radius 1 is 0.841 bits per heavy atom. The van der Waals surface area contributed by atoms with E-state index in [1.165, 1.54) is 47.1 Å². The average molecular weight is 615 g/mol. The molecule has 7 N–H and O–H groups in total. The van der Waals surface area contributed by atoms with Gasteiger partial charge in [0.05, 0.1) is 40.9 Å². The molecule has 0 saturated carbocycles. The SMILES string of the molecule is CCn1nc(C)cc1C(=O)Nc1nc2cc(C(N)=O)ccc2n1CC(F)(F)C(F)(F)Cn1c(N)nc2cc(C(N)=O)ccc21. The number of imidazole rings is 2. The molecule has 3 amide bonds. The zero-order chi connectivity index (χ0) is 32.1. The predicted octanol–water partition coefficient (Wildman–Crippen LogP) is 2.91. The second-order valence-corrected chi connectivity index (χ2v) is 10.1. The molecule has 3 heterocycles. The van der Waals surface area contributed by atoms with Gasteiger partial charge in [-0.25, -0.2) is 9.97 Å². The van der Waals surface area contributed by atoms with Crippen LogP contribution in [0, 0.1) is 6.92 Å². The number of nitrogens with two attached hydrogens (primary N) is 3. The summed E-state index contributed by atoms with van der Waals surface area (Å²) in [6.07, 6.45) is 0. The number of nitrogens with zero attached hydrogens (tertiary/aromatic N) is 6. The van der Waals surface area contributed by atoms with E-state index in [0.29, 0.717) is 16.8 Å². The number of rotatable bonds is 10. The van der Waals surface area contributed by atoms with Gasteiger partial charge in [-0.05, 0) is 56.3 Å². The minimum absolute atomic E-state index is 0.00957. The minimum atomic E-state index is -4.75. The maximum atomic E-state index is 15.6. The van der Waals surface area contributed by atoms with Crippen LogP contribution >= 0.6 is 0 Å². The lowest BCUT2D eigenvalue weighted by Crippen LogP contribution is -2.47. The van der Waals surface area contributed by atoms with Crippen LogP contribution in [0.2, 0.25) is 0 Å². The maximum absolute atomic E-state index is 15.6. The first-order valence-electron chi connectivity index (χ1n) is 13.1. The van der Waals surface area contributed by atoms with Gasteiger partial charge >= 0.3 is 11.8 Å². The predicted molar refractivity (Wildman–Crippen MR) is 151 cm³/mol. The molecule has 0 aliphatic rings. The number of aromatic nitrogens is 6. The van der Waals surface area contributed by atoms with Crippen molar-refractivity contribution in [3.63, 3.8) is 0 Å². The second kappa shape index (κ2) is 10.7. The molecule has 0 bridgehead atoms. The Bertz CT molecular complexity index is 1960. The van der Waals surface area contributed by atoms with Crippen LogP contribution in [-0.4, -0.2) is 58.4 Å². The molecule has 0 unspecified atom stereocenters. The molecule has 3 aromatic heterocycles. The summed E-state index contributed by atoms with van der Waals surface area (Å²) in [5.74, 6) is -12.8. The van der Waals surface area contributed by atoms with E-state index >= 15 is 17.6 Å². The third kappa shape index (κ3) is 5.27. The molecule has 44 heavy (non-hydrogen) atoms. The van der Waals surface area contributed by atoms with Crippen molar-refractivity contribution in [1.82, 2.24) is 28.9 Å². The fraction of sp³-hybridized carbons (Fsp3) is 0.259. The van der Waals surface area contributed by atoms with Crippen LogP contribution in [-0.2, 0) is 19.6 Å². The smallest absolute Gasteiger partial charge is 0.329 e. The number of alkyl halides is 4. The number of carbonyl (C=O) groups is 3. The molecule has 5 rings (SSSR count). The third-order valence-electron chi connectivity index (χ3n) is 7.00. The van der Waals surface area contributed by atoms with E-state index in [-0.39, 0.29) is 38.9 Å². The number of benzene rings is 2. The highest BCUT2D eigenvalue weighted by Gasteiger charge is 2.57. The van der Waals surface area contributed by atoms with Gasteiger partial charge in [-0.2, -0.15) is 22.7 Å². The summed E-state index contributed by atoms with van der Waals surface area (Å²) in [7, 11) is 0. The van der Waals surface area contributed by atoms with E-state index < -0.39 is 54.6 Å². The number of amides is 3. The lowest BCUT2D eigenvalue weighted by molar-refractivity contribution is -0.220. The van der Waals surface area contributed by atoms with E-state index in [2.05, 4.69) is 20.4 Å². The molecule has 2 aromatic carbocycles. The van der Waals surface area contributed by atoms with Gasteiger partial charge in [0.2, 0.25) is 23.7 Å². The summed E-state index contributed by atoms with van der Waals surface area (Å²) in [4.78, 5) is 44.4. The number of carbonyl (C=O) groups excluding carboxylic acids is 3. The van der Waals surface area contributed by atoms with Crippen molar-refractivity contribution >= 4 is 51.7 Å². The third-order valence-corrected chi connectivity index (χ3v) is 7.00. The van der Waals surface area contributed by atoms with Gasteiger partial charge in [-0.3, -0.25) is 24.4 Å². The van der Waals surface area contributed by atoms with E-state index in [1.54, 1.807) is 13.8 Å². The van der Waals surface area contributed by atoms with Crippen LogP contribution in [0.5, 0.6) is 0 Å². The Labute approximate surface area is 245 Å². The first-order chi connectivity index (χ1) is 20.6. The molecule has 230 valence electrons. The fourth-order valence-electron chi connectivity index (χ4n) is 4.77. The Balaban J connectivity index is 1.53. The number of halogens is 4. The van der Waals surface area contributed by atoms with Crippen LogP contribution in [0.25, 0.3) is 22.1 Å². The van der Waals surface area contributed by atoms with Crippen molar-refractivity contribution in [2.75, 3.05) is 11.1 Å². The summed E-state index contributed by atoms with van der Waals surface area (Å²) < 4.78 is 65.0. The molecule has 13 nitrogen and oxygen atoms in total. The molecule has 0 radical (unpaired) electrons. The molecule has 5 aromatic rings. The van der Waals surface area contributed by atoms with Gasteiger partial charge in [0.1, 0.15) is 5.69 Å². The van der Waals surface area contributed by atoms with Gasteiger partial charge in [0.25, 0.3) is 5.91 Å². The first kappa shape index (κ1) is 30.0. The number of fused-ring (bicyclic) bond motifs is 2. The standard InChI is InChI=1S/C27H26F4N10O3/c1-3-41-20(8-13(2)38-41)23(44)37-25-36-17-10-15(22(33)43)5-7-19(17)40(25)12-27(30,31)26(28,29)11-39-18-6-4-14(21(32)42)9-16(18)35-24(39)34/h4-10H,3,11-12H2,1-2H3,(H2,32,42)(H2,33,43)(H2,34,35)(H,36,37,44). The summed E-state index contributed by atoms with van der Waals surface area (Å²) in [6, 6.07) is 8.76. The number of nitrogens with one attached hydrogen (secondary N) is 1. The monoisotopic (exact) mass is 614 g/mol. The summed E-state index contributed by atoms with van der Waals surface area (Å²) >= 11 is 0. The molecule has 0 saturated heterocycles. The van der Waals surface area contributed by atoms with Crippen molar-refractivity contribution in [2.45, 2.75) is 45.3 Å². The van der Waals surface area contributed by atoms with Crippen molar-refractivity contribution in [2.24, 2.45) is 11.5 Å². The molecule has 0 aliphatic heterocycles. The highest BCUT2D eigenvalue weighted by Crippen LogP contribution is 2.40. The average Bonchev–Trinajstić information content (AvgIpc) is 3.59. The Kier molecular flexibility index (Phi) is 7.27. The highest BCUT2D eigenvalue weighted by molar-refractivity contribution is 6.03. The van der Waals surface area contributed by atoms with Crippen LogP contribution in [0.4, 0.5) is 29.5 Å². The number of nitrogen functional groups attached to an aromatic ring is 1. The van der Waals surface area contributed by atoms with E-state index in [0.717, 1.165) is 4.57 Å². The largest absolute Gasteiger partial charge is 0.369 e. The second-order valence-electron chi connectivity index (χ2n) is 10.1. The number of aryl methyl sites for hydroxylation is 2. The summed E-state index contributed by atoms with van der Waals surface area (Å²) in [5, 5.41) is 6.58. The number of hydrogen-bond acceptors (Lipinski definition) is 7. The van der Waals surface area contributed by atoms with Crippen LogP contribution in [0.15, 0.2) is 42.5 Å². The summed E-state index contributed by atoms with van der Waals surface area (Å²) in [6.45, 7) is 0.493. The quantitative estimate of drug-likeness (QED) is 0.174. The lowest BCUT2D eigenvalue weighted by Gasteiger charge is -2.28. The van der Waals surface area contributed by atoms with E-state index in [9.17, 15) is 14.4 Å². The lowest BCUT2D eigenvalue weighted by atomic mass is 10.1. The Hall–Kier alpha value is -5.48. The Morgan fingerprint density at radius 3 is 1.91 bits per heavy atom. The maximum Gasteiger partial charge on any atom is 0.329 e. The molecule has 0 aliphatic carbocycles. The molecular formula is C27H26F4N10O3. The zero-order valence-electron chi connectivity index (χ0n) is 23.3. The van der Waals surface area contributed by atoms with Gasteiger partial charge < -0.3 is 26.3 Å². The van der Waals surface area contributed by atoms with E-state index in [4.69, 9.17) is 17.2 Å². The van der Waals surface area contributed by atoms with Gasteiger partial charge in [-0.1, -0.05) is 0 Å². The zero-order valence-corrected chi connectivity index (χ0v) is 23.3. The number of anilines is 2. The molecule has 0 atom stereocenters. The summed E-state index contributed by atoms with van der Waals surface area (Å²) in [5.41, 5.74) is 16.8. The minimum Gasteiger partial charge on any atom is -0.369 e. The van der Waals surface area contributed by atoms with Crippen molar-refractivity contribution in [3.8, 4) is 0 Å². The number of primary amides is 2. The first-order valence-corrected chi connectivity index (χ1v) is 13.1. The van der Waals surface area contributed by atoms with Crippen LogP contribution in [0.1, 0.15) is 43.8 Å². The van der Waals surface area contributed by atoms with E-state index in [1.807, 2.05) is 0 Å². The van der Waals surface area contributed by atoms with Gasteiger partial charge in [-0.15, -0.1) is 0 Å². The normalized spacial score (nSPS) is 12.2. The van der Waals surface area contributed by atoms with Crippen LogP contribution < -0.4 is 22.5 Å². The molecule has 0 spiro atoms. The van der Waals surface area contributed by atoms with Gasteiger partial charge in [0.15, 0.2) is 0 Å². The van der Waals surface area contributed by atoms with Gasteiger partial charge in [0, 0.05) is 17.7 Å². The Morgan fingerprint density at radius 2 is 1.36 bits per heavy atom. The molecular weight excluding hydrogens is 588 g/mol. The fourth-order valence-corrected chi connectivity index (χ4v) is 4.77. The topological polar surface area (TPSA) is 195 Å². The van der Waals surface area contributed by atoms with Crippen molar-refractivity contribution < 1.29 is 31.9 Å². The van der Waals surface area contributed by atoms with Crippen LogP contribution in [0.3, 0.4) is 0 Å². The van der Waals surface area contributed by atoms with Crippen molar-refractivity contribution in [3.05, 3.63) is 65.0 Å². The van der Waals surface area contributed by atoms with Crippen molar-refractivity contribution in [1.29, 1.82) is 0 Å².